The van der Waals surface area contributed by atoms with E-state index in [0.717, 1.165) is 17.5 Å². The van der Waals surface area contributed by atoms with Crippen LogP contribution in [0.4, 0.5) is 0 Å². The van der Waals surface area contributed by atoms with Crippen LogP contribution in [0, 0.1) is 0 Å². The van der Waals surface area contributed by atoms with Gasteiger partial charge in [-0.25, -0.2) is 0 Å². The zero-order chi connectivity index (χ0) is 10.3. The first-order chi connectivity index (χ1) is 7.34. The standard InChI is InChI=1S/C12H11NO2/c14-12-6-5-9-3-1-2-4-11(9)13(12)7-10-8-15-10/h1-6,10H,7-8H2/t10-/m0/s1. The van der Waals surface area contributed by atoms with Crippen LogP contribution in [0.25, 0.3) is 10.9 Å². The van der Waals surface area contributed by atoms with Crippen molar-refractivity contribution < 1.29 is 4.74 Å². The van der Waals surface area contributed by atoms with E-state index in [1.165, 1.54) is 0 Å². The Labute approximate surface area is 86.9 Å². The molecule has 1 aliphatic rings. The van der Waals surface area contributed by atoms with E-state index in [4.69, 9.17) is 4.74 Å². The Bertz CT molecular complexity index is 555. The van der Waals surface area contributed by atoms with Gasteiger partial charge in [0.2, 0.25) is 0 Å². The van der Waals surface area contributed by atoms with Gasteiger partial charge in [0.25, 0.3) is 5.56 Å². The summed E-state index contributed by atoms with van der Waals surface area (Å²) >= 11 is 0. The van der Waals surface area contributed by atoms with E-state index < -0.39 is 0 Å². The molecule has 1 aromatic heterocycles. The highest BCUT2D eigenvalue weighted by Gasteiger charge is 2.23. The van der Waals surface area contributed by atoms with Crippen molar-refractivity contribution in [3.63, 3.8) is 0 Å². The molecule has 15 heavy (non-hydrogen) atoms. The maximum Gasteiger partial charge on any atom is 0.251 e. The molecule has 3 nitrogen and oxygen atoms in total. The molecule has 0 saturated carbocycles. The molecule has 0 N–H and O–H groups in total. The minimum atomic E-state index is 0.0456. The number of rotatable bonds is 2. The van der Waals surface area contributed by atoms with Gasteiger partial charge >= 0.3 is 0 Å². The highest BCUT2D eigenvalue weighted by atomic mass is 16.6. The van der Waals surface area contributed by atoms with Crippen LogP contribution in [0.2, 0.25) is 0 Å². The van der Waals surface area contributed by atoms with Crippen molar-refractivity contribution in [3.05, 3.63) is 46.8 Å². The van der Waals surface area contributed by atoms with Gasteiger partial charge in [-0.3, -0.25) is 4.79 Å². The Balaban J connectivity index is 2.22. The number of para-hydroxylation sites is 1. The molecule has 0 amide bonds. The number of hydrogen-bond acceptors (Lipinski definition) is 2. The zero-order valence-corrected chi connectivity index (χ0v) is 8.22. The number of benzene rings is 1. The monoisotopic (exact) mass is 201 g/mol. The number of nitrogens with zero attached hydrogens (tertiary/aromatic N) is 1. The molecule has 1 aliphatic heterocycles. The van der Waals surface area contributed by atoms with E-state index in [1.54, 1.807) is 10.6 Å². The quantitative estimate of drug-likeness (QED) is 0.688. The molecule has 1 aromatic carbocycles. The third kappa shape index (κ3) is 1.55. The third-order valence-corrected chi connectivity index (χ3v) is 2.69. The predicted molar refractivity (Wildman–Crippen MR) is 57.9 cm³/mol. The van der Waals surface area contributed by atoms with Crippen molar-refractivity contribution in [2.45, 2.75) is 12.6 Å². The van der Waals surface area contributed by atoms with Gasteiger partial charge in [-0.2, -0.15) is 0 Å². The second-order valence-electron chi connectivity index (χ2n) is 3.80. The maximum atomic E-state index is 11.7. The van der Waals surface area contributed by atoms with E-state index >= 15 is 0 Å². The zero-order valence-electron chi connectivity index (χ0n) is 8.22. The van der Waals surface area contributed by atoms with E-state index in [1.807, 2.05) is 30.3 Å². The Morgan fingerprint density at radius 3 is 2.87 bits per heavy atom. The smallest absolute Gasteiger partial charge is 0.251 e. The summed E-state index contributed by atoms with van der Waals surface area (Å²) in [6, 6.07) is 11.4. The first-order valence-corrected chi connectivity index (χ1v) is 5.05. The molecule has 1 saturated heterocycles. The molecule has 1 fully saturated rings. The fraction of sp³-hybridized carbons (Fsp3) is 0.250. The average Bonchev–Trinajstić information content (AvgIpc) is 3.06. The summed E-state index contributed by atoms with van der Waals surface area (Å²) in [6.07, 6.45) is 0.230. The highest BCUT2D eigenvalue weighted by molar-refractivity contribution is 5.78. The van der Waals surface area contributed by atoms with Crippen LogP contribution in [0.1, 0.15) is 0 Å². The lowest BCUT2D eigenvalue weighted by atomic mass is 10.2. The first kappa shape index (κ1) is 8.68. The molecule has 3 rings (SSSR count). The average molecular weight is 201 g/mol. The fourth-order valence-electron chi connectivity index (χ4n) is 1.81. The summed E-state index contributed by atoms with van der Waals surface area (Å²) in [5, 5.41) is 1.10. The van der Waals surface area contributed by atoms with Gasteiger partial charge in [0.15, 0.2) is 0 Å². The summed E-state index contributed by atoms with van der Waals surface area (Å²) in [4.78, 5) is 11.7. The first-order valence-electron chi connectivity index (χ1n) is 5.05. The van der Waals surface area contributed by atoms with Crippen LogP contribution < -0.4 is 5.56 Å². The van der Waals surface area contributed by atoms with Crippen molar-refractivity contribution >= 4 is 10.9 Å². The van der Waals surface area contributed by atoms with Gasteiger partial charge in [0.1, 0.15) is 0 Å². The molecular weight excluding hydrogens is 190 g/mol. The van der Waals surface area contributed by atoms with E-state index in [2.05, 4.69) is 0 Å². The van der Waals surface area contributed by atoms with Gasteiger partial charge in [-0.1, -0.05) is 18.2 Å². The summed E-state index contributed by atoms with van der Waals surface area (Å²) in [7, 11) is 0. The van der Waals surface area contributed by atoms with Crippen molar-refractivity contribution in [1.29, 1.82) is 0 Å². The van der Waals surface area contributed by atoms with Gasteiger partial charge in [0, 0.05) is 6.07 Å². The third-order valence-electron chi connectivity index (χ3n) is 2.69. The van der Waals surface area contributed by atoms with Crippen molar-refractivity contribution in [1.82, 2.24) is 4.57 Å². The molecule has 2 heterocycles. The Hall–Kier alpha value is -1.61. The van der Waals surface area contributed by atoms with E-state index in [0.29, 0.717) is 6.54 Å². The summed E-state index contributed by atoms with van der Waals surface area (Å²) in [5.74, 6) is 0. The summed E-state index contributed by atoms with van der Waals surface area (Å²) in [5.41, 5.74) is 1.03. The maximum absolute atomic E-state index is 11.7. The van der Waals surface area contributed by atoms with Crippen LogP contribution in [0.5, 0.6) is 0 Å². The molecule has 3 heteroatoms. The Morgan fingerprint density at radius 2 is 2.07 bits per heavy atom. The molecule has 0 radical (unpaired) electrons. The molecule has 1 atom stereocenters. The summed E-state index contributed by atoms with van der Waals surface area (Å²) < 4.78 is 6.94. The Morgan fingerprint density at radius 1 is 1.27 bits per heavy atom. The van der Waals surface area contributed by atoms with Gasteiger partial charge in [-0.05, 0) is 17.5 Å². The number of ether oxygens (including phenoxy) is 1. The minimum absolute atomic E-state index is 0.0456. The topological polar surface area (TPSA) is 34.5 Å². The van der Waals surface area contributed by atoms with Crippen molar-refractivity contribution in [2.24, 2.45) is 0 Å². The second-order valence-corrected chi connectivity index (χ2v) is 3.80. The second kappa shape index (κ2) is 3.21. The van der Waals surface area contributed by atoms with Crippen molar-refractivity contribution in [2.75, 3.05) is 6.61 Å². The lowest BCUT2D eigenvalue weighted by Crippen LogP contribution is -2.21. The lowest BCUT2D eigenvalue weighted by molar-refractivity contribution is 0.383. The number of fused-ring (bicyclic) bond motifs is 1. The van der Waals surface area contributed by atoms with Gasteiger partial charge in [0.05, 0.1) is 24.8 Å². The molecule has 2 aromatic rings. The molecule has 0 aliphatic carbocycles. The predicted octanol–water partition coefficient (Wildman–Crippen LogP) is 1.40. The summed E-state index contributed by atoms with van der Waals surface area (Å²) in [6.45, 7) is 1.44. The lowest BCUT2D eigenvalue weighted by Gasteiger charge is -2.07. The van der Waals surface area contributed by atoms with Crippen LogP contribution >= 0.6 is 0 Å². The number of pyridine rings is 1. The Kier molecular flexibility index (Phi) is 1.86. The van der Waals surface area contributed by atoms with Gasteiger partial charge < -0.3 is 9.30 Å². The van der Waals surface area contributed by atoms with E-state index in [9.17, 15) is 4.79 Å². The largest absolute Gasteiger partial charge is 0.371 e. The SMILES string of the molecule is O=c1ccc2ccccc2n1C[C@H]1CO1. The molecule has 0 unspecified atom stereocenters. The molecule has 0 bridgehead atoms. The van der Waals surface area contributed by atoms with Crippen LogP contribution in [0.15, 0.2) is 41.2 Å². The van der Waals surface area contributed by atoms with Crippen molar-refractivity contribution in [3.8, 4) is 0 Å². The van der Waals surface area contributed by atoms with Gasteiger partial charge in [-0.15, -0.1) is 0 Å². The van der Waals surface area contributed by atoms with E-state index in [-0.39, 0.29) is 11.7 Å². The minimum Gasteiger partial charge on any atom is -0.371 e. The molecule has 76 valence electrons. The van der Waals surface area contributed by atoms with Crippen LogP contribution in [0.3, 0.4) is 0 Å². The molecule has 0 spiro atoms. The number of hydrogen-bond donors (Lipinski definition) is 0. The number of aromatic nitrogens is 1. The number of epoxide rings is 1. The van der Waals surface area contributed by atoms with Crippen LogP contribution in [-0.4, -0.2) is 17.3 Å². The highest BCUT2D eigenvalue weighted by Crippen LogP contribution is 2.15. The fourth-order valence-corrected chi connectivity index (χ4v) is 1.81. The normalized spacial score (nSPS) is 19.3. The molecular formula is C12H11NO2. The van der Waals surface area contributed by atoms with Crippen LogP contribution in [-0.2, 0) is 11.3 Å².